The van der Waals surface area contributed by atoms with Crippen LogP contribution in [0, 0.1) is 18.8 Å². The number of nitrogens with zero attached hydrogens (tertiary/aromatic N) is 1. The van der Waals surface area contributed by atoms with Crippen molar-refractivity contribution in [3.63, 3.8) is 0 Å². The zero-order valence-electron chi connectivity index (χ0n) is 12.6. The molecule has 1 heterocycles. The number of benzene rings is 1. The second-order valence-electron chi connectivity index (χ2n) is 5.60. The summed E-state index contributed by atoms with van der Waals surface area (Å²) in [4.78, 5) is 14.6. The second kappa shape index (κ2) is 7.26. The summed E-state index contributed by atoms with van der Waals surface area (Å²) in [6, 6.07) is 5.81. The molecule has 0 spiro atoms. The van der Waals surface area contributed by atoms with Crippen LogP contribution in [-0.2, 0) is 0 Å². The lowest BCUT2D eigenvalue weighted by Crippen LogP contribution is -2.43. The maximum atomic E-state index is 12.4. The summed E-state index contributed by atoms with van der Waals surface area (Å²) in [7, 11) is 2.10. The molecule has 4 heteroatoms. The van der Waals surface area contributed by atoms with Crippen molar-refractivity contribution in [2.24, 2.45) is 0 Å². The van der Waals surface area contributed by atoms with E-state index >= 15 is 0 Å². The highest BCUT2D eigenvalue weighted by molar-refractivity contribution is 5.95. The van der Waals surface area contributed by atoms with Crippen LogP contribution in [0.3, 0.4) is 0 Å². The van der Waals surface area contributed by atoms with Gasteiger partial charge in [0.05, 0.1) is 0 Å². The molecule has 1 amide bonds. The fraction of sp³-hybridized carbons (Fsp3) is 0.471. The molecule has 0 bridgehead atoms. The number of hydrogen-bond acceptors (Lipinski definition) is 3. The van der Waals surface area contributed by atoms with Crippen molar-refractivity contribution in [1.29, 1.82) is 0 Å². The van der Waals surface area contributed by atoms with E-state index in [1.54, 1.807) is 6.07 Å². The number of aliphatic hydroxyl groups is 1. The average molecular weight is 286 g/mol. The minimum absolute atomic E-state index is 0.0414. The highest BCUT2D eigenvalue weighted by Gasteiger charge is 2.19. The lowest BCUT2D eigenvalue weighted by atomic mass is 10.0. The summed E-state index contributed by atoms with van der Waals surface area (Å²) in [5.74, 6) is 5.42. The smallest absolute Gasteiger partial charge is 0.251 e. The fourth-order valence-electron chi connectivity index (χ4n) is 2.55. The van der Waals surface area contributed by atoms with E-state index in [1.807, 2.05) is 19.1 Å². The maximum absolute atomic E-state index is 12.4. The zero-order chi connectivity index (χ0) is 15.2. The van der Waals surface area contributed by atoms with E-state index in [0.29, 0.717) is 5.56 Å². The van der Waals surface area contributed by atoms with Crippen LogP contribution in [0.2, 0.25) is 0 Å². The first-order valence-corrected chi connectivity index (χ1v) is 7.29. The van der Waals surface area contributed by atoms with Crippen molar-refractivity contribution in [2.75, 3.05) is 26.7 Å². The molecular weight excluding hydrogens is 264 g/mol. The van der Waals surface area contributed by atoms with Gasteiger partial charge in [-0.1, -0.05) is 11.8 Å². The Morgan fingerprint density at radius 3 is 2.76 bits per heavy atom. The van der Waals surface area contributed by atoms with Crippen molar-refractivity contribution in [1.82, 2.24) is 10.2 Å². The normalized spacial score (nSPS) is 16.1. The SMILES string of the molecule is Cc1cc(C#CCO)cc(C(=O)NC2CCN(C)CC2)c1. The largest absolute Gasteiger partial charge is 0.384 e. The number of amides is 1. The molecule has 21 heavy (non-hydrogen) atoms. The Kier molecular flexibility index (Phi) is 5.38. The third kappa shape index (κ3) is 4.59. The number of carbonyl (C=O) groups is 1. The van der Waals surface area contributed by atoms with Gasteiger partial charge in [-0.2, -0.15) is 0 Å². The molecule has 0 saturated carbocycles. The summed E-state index contributed by atoms with van der Waals surface area (Å²) in [6.07, 6.45) is 1.98. The summed E-state index contributed by atoms with van der Waals surface area (Å²) in [5, 5.41) is 11.9. The molecule has 1 aromatic rings. The van der Waals surface area contributed by atoms with Crippen molar-refractivity contribution < 1.29 is 9.90 Å². The molecule has 1 fully saturated rings. The van der Waals surface area contributed by atoms with Crippen LogP contribution in [0.25, 0.3) is 0 Å². The Labute approximate surface area is 126 Å². The minimum atomic E-state index is -0.176. The Bertz CT molecular complexity index is 564. The quantitative estimate of drug-likeness (QED) is 0.802. The summed E-state index contributed by atoms with van der Waals surface area (Å²) >= 11 is 0. The first-order chi connectivity index (χ1) is 10.1. The van der Waals surface area contributed by atoms with Gasteiger partial charge in [-0.05, 0) is 63.7 Å². The van der Waals surface area contributed by atoms with Crippen molar-refractivity contribution in [3.8, 4) is 11.8 Å². The Balaban J connectivity index is 2.06. The lowest BCUT2D eigenvalue weighted by Gasteiger charge is -2.29. The summed E-state index contributed by atoms with van der Waals surface area (Å²) in [5.41, 5.74) is 2.39. The number of hydrogen-bond donors (Lipinski definition) is 2. The topological polar surface area (TPSA) is 52.6 Å². The molecule has 0 unspecified atom stereocenters. The standard InChI is InChI=1S/C17H22N2O2/c1-13-10-14(4-3-9-20)12-15(11-13)17(21)18-16-5-7-19(2)8-6-16/h10-12,16,20H,5-9H2,1-2H3,(H,18,21). The Morgan fingerprint density at radius 1 is 1.38 bits per heavy atom. The highest BCUT2D eigenvalue weighted by atomic mass is 16.2. The maximum Gasteiger partial charge on any atom is 0.251 e. The number of piperidine rings is 1. The van der Waals surface area contributed by atoms with E-state index in [0.717, 1.165) is 37.1 Å². The first kappa shape index (κ1) is 15.6. The van der Waals surface area contributed by atoms with Crippen molar-refractivity contribution in [2.45, 2.75) is 25.8 Å². The van der Waals surface area contributed by atoms with Gasteiger partial charge in [0.1, 0.15) is 6.61 Å². The van der Waals surface area contributed by atoms with Gasteiger partial charge in [0, 0.05) is 17.2 Å². The zero-order valence-corrected chi connectivity index (χ0v) is 12.6. The van der Waals surface area contributed by atoms with E-state index in [2.05, 4.69) is 29.1 Å². The van der Waals surface area contributed by atoms with E-state index in [9.17, 15) is 4.79 Å². The van der Waals surface area contributed by atoms with Crippen LogP contribution < -0.4 is 5.32 Å². The number of likely N-dealkylation sites (tertiary alicyclic amines) is 1. The van der Waals surface area contributed by atoms with E-state index < -0.39 is 0 Å². The molecule has 112 valence electrons. The molecule has 2 rings (SSSR count). The number of nitrogens with one attached hydrogen (secondary N) is 1. The van der Waals surface area contributed by atoms with Gasteiger partial charge < -0.3 is 15.3 Å². The van der Waals surface area contributed by atoms with Gasteiger partial charge in [-0.25, -0.2) is 0 Å². The summed E-state index contributed by atoms with van der Waals surface area (Å²) in [6.45, 7) is 3.81. The number of rotatable bonds is 2. The molecule has 0 radical (unpaired) electrons. The monoisotopic (exact) mass is 286 g/mol. The van der Waals surface area contributed by atoms with Gasteiger partial charge in [0.15, 0.2) is 0 Å². The van der Waals surface area contributed by atoms with Crippen LogP contribution in [0.15, 0.2) is 18.2 Å². The number of aliphatic hydroxyl groups excluding tert-OH is 1. The predicted molar refractivity (Wildman–Crippen MR) is 83.1 cm³/mol. The molecule has 0 aromatic heterocycles. The average Bonchev–Trinajstić information content (AvgIpc) is 2.47. The van der Waals surface area contributed by atoms with Crippen LogP contribution in [0.5, 0.6) is 0 Å². The molecule has 4 nitrogen and oxygen atoms in total. The number of carbonyl (C=O) groups excluding carboxylic acids is 1. The molecule has 1 aliphatic heterocycles. The van der Waals surface area contributed by atoms with E-state index in [4.69, 9.17) is 5.11 Å². The molecule has 1 aliphatic rings. The third-order valence-electron chi connectivity index (χ3n) is 3.71. The van der Waals surface area contributed by atoms with E-state index in [1.165, 1.54) is 0 Å². The molecule has 2 N–H and O–H groups in total. The van der Waals surface area contributed by atoms with Crippen LogP contribution >= 0.6 is 0 Å². The fourth-order valence-corrected chi connectivity index (χ4v) is 2.55. The van der Waals surface area contributed by atoms with Crippen LogP contribution in [0.1, 0.15) is 34.3 Å². The molecule has 0 aliphatic carbocycles. The predicted octanol–water partition coefficient (Wildman–Crippen LogP) is 1.16. The molecular formula is C17H22N2O2. The van der Waals surface area contributed by atoms with Gasteiger partial charge >= 0.3 is 0 Å². The first-order valence-electron chi connectivity index (χ1n) is 7.29. The van der Waals surface area contributed by atoms with Crippen molar-refractivity contribution >= 4 is 5.91 Å². The molecule has 1 aromatic carbocycles. The summed E-state index contributed by atoms with van der Waals surface area (Å²) < 4.78 is 0. The molecule has 1 saturated heterocycles. The van der Waals surface area contributed by atoms with Crippen LogP contribution in [0.4, 0.5) is 0 Å². The van der Waals surface area contributed by atoms with Crippen molar-refractivity contribution in [3.05, 3.63) is 34.9 Å². The molecule has 0 atom stereocenters. The lowest BCUT2D eigenvalue weighted by molar-refractivity contribution is 0.0916. The van der Waals surface area contributed by atoms with Crippen LogP contribution in [-0.4, -0.2) is 48.7 Å². The third-order valence-corrected chi connectivity index (χ3v) is 3.71. The highest BCUT2D eigenvalue weighted by Crippen LogP contribution is 2.12. The second-order valence-corrected chi connectivity index (χ2v) is 5.60. The van der Waals surface area contributed by atoms with Gasteiger partial charge in [0.2, 0.25) is 0 Å². The number of aryl methyl sites for hydroxylation is 1. The Hall–Kier alpha value is -1.83. The Morgan fingerprint density at radius 2 is 2.10 bits per heavy atom. The van der Waals surface area contributed by atoms with Gasteiger partial charge in [-0.3, -0.25) is 4.79 Å². The van der Waals surface area contributed by atoms with Gasteiger partial charge in [-0.15, -0.1) is 0 Å². The van der Waals surface area contributed by atoms with E-state index in [-0.39, 0.29) is 18.6 Å². The minimum Gasteiger partial charge on any atom is -0.384 e. The van der Waals surface area contributed by atoms with Gasteiger partial charge in [0.25, 0.3) is 5.91 Å².